The van der Waals surface area contributed by atoms with Gasteiger partial charge in [-0.05, 0) is 96.8 Å². The molecule has 25 heteroatoms. The van der Waals surface area contributed by atoms with Gasteiger partial charge in [0.15, 0.2) is 23.6 Å². The van der Waals surface area contributed by atoms with Gasteiger partial charge in [-0.2, -0.15) is 0 Å². The second-order valence-corrected chi connectivity index (χ2v) is 17.0. The van der Waals surface area contributed by atoms with E-state index in [0.29, 0.717) is 35.3 Å². The first-order valence-electron chi connectivity index (χ1n) is 20.5. The fourth-order valence-corrected chi connectivity index (χ4v) is 6.56. The highest BCUT2D eigenvalue weighted by Crippen LogP contribution is 2.32. The van der Waals surface area contributed by atoms with Crippen LogP contribution in [0.1, 0.15) is 59.8 Å². The number of carbonyl (C=O) groups is 4. The number of hydrogen-bond acceptors (Lipinski definition) is 16. The minimum atomic E-state index is -1.74. The lowest BCUT2D eigenvalue weighted by molar-refractivity contribution is -0.158. The number of benzene rings is 4. The lowest BCUT2D eigenvalue weighted by Gasteiger charge is -2.25. The normalized spacial score (nSPS) is 11.9. The number of carbonyl (C=O) groups excluding carboxylic acids is 3. The molecule has 0 unspecified atom stereocenters. The molecule has 0 bridgehead atoms. The maximum atomic E-state index is 12.5. The molecule has 2 atom stereocenters. The highest BCUT2D eigenvalue weighted by Gasteiger charge is 2.25. The third kappa shape index (κ3) is 18.2. The first-order valence-corrected chi connectivity index (χ1v) is 22.0. The van der Waals surface area contributed by atoms with E-state index in [9.17, 15) is 34.6 Å². The number of aliphatic carboxylic acids is 1. The van der Waals surface area contributed by atoms with E-state index in [-0.39, 0.29) is 37.1 Å². The molecule has 2 amide bonds. The van der Waals surface area contributed by atoms with Crippen molar-refractivity contribution in [3.8, 4) is 22.3 Å². The Kier molecular flexibility index (Phi) is 21.1. The van der Waals surface area contributed by atoms with Crippen molar-refractivity contribution in [1.29, 1.82) is 0 Å². The van der Waals surface area contributed by atoms with E-state index in [1.54, 1.807) is 88.4 Å². The molecule has 0 aliphatic rings. The molecule has 6 rings (SSSR count). The zero-order valence-electron chi connectivity index (χ0n) is 37.2. The summed E-state index contributed by atoms with van der Waals surface area (Å²) in [5.74, 6) is -3.68. The Balaban J connectivity index is 0.000000280. The first-order chi connectivity index (χ1) is 32.6. The molecule has 0 fully saturated rings. The number of ether oxygens (including phenoxy) is 1. The third-order valence-corrected chi connectivity index (χ3v) is 9.91. The molecular formula is C44H48Cl4N10O11. The predicted octanol–water partition coefficient (Wildman–Crippen LogP) is 5.42. The van der Waals surface area contributed by atoms with E-state index in [1.165, 1.54) is 10.0 Å². The van der Waals surface area contributed by atoms with E-state index < -0.39 is 48.6 Å². The van der Waals surface area contributed by atoms with Crippen LogP contribution in [0.15, 0.2) is 97.3 Å². The molecule has 0 aliphatic carbocycles. The summed E-state index contributed by atoms with van der Waals surface area (Å²) in [6.07, 6.45) is -1.83. The summed E-state index contributed by atoms with van der Waals surface area (Å²) in [5.41, 5.74) is 9.31. The molecule has 6 aromatic rings. The maximum absolute atomic E-state index is 12.5. The van der Waals surface area contributed by atoms with Gasteiger partial charge in [-0.3, -0.25) is 20.4 Å². The Morgan fingerprint density at radius 1 is 0.623 bits per heavy atom. The van der Waals surface area contributed by atoms with Crippen molar-refractivity contribution in [1.82, 2.24) is 51.2 Å². The molecule has 4 aromatic carbocycles. The van der Waals surface area contributed by atoms with Crippen LogP contribution in [-0.4, -0.2) is 132 Å². The molecule has 21 nitrogen and oxygen atoms in total. The fourth-order valence-electron chi connectivity index (χ4n) is 5.76. The zero-order chi connectivity index (χ0) is 50.9. The topological polar surface area (TPSA) is 291 Å². The molecule has 69 heavy (non-hydrogen) atoms. The van der Waals surface area contributed by atoms with Crippen molar-refractivity contribution in [2.24, 2.45) is 0 Å². The Labute approximate surface area is 414 Å². The van der Waals surface area contributed by atoms with Gasteiger partial charge >= 0.3 is 11.9 Å². The van der Waals surface area contributed by atoms with Gasteiger partial charge in [0.1, 0.15) is 0 Å². The molecule has 0 saturated heterocycles. The van der Waals surface area contributed by atoms with Crippen LogP contribution in [0.2, 0.25) is 20.1 Å². The summed E-state index contributed by atoms with van der Waals surface area (Å²) in [6.45, 7) is 6.33. The number of nitrogens with one attached hydrogen (secondary N) is 2. The van der Waals surface area contributed by atoms with Crippen LogP contribution in [0, 0.1) is 0 Å². The third-order valence-electron chi connectivity index (χ3n) is 8.78. The van der Waals surface area contributed by atoms with Gasteiger partial charge in [0.05, 0.1) is 31.6 Å². The minimum Gasteiger partial charge on any atom is -0.479 e. The predicted molar refractivity (Wildman–Crippen MR) is 252 cm³/mol. The largest absolute Gasteiger partial charge is 0.479 e. The summed E-state index contributed by atoms with van der Waals surface area (Å²) >= 11 is 24.6. The number of rotatable bonds is 17. The number of aliphatic hydroxyl groups excluding tert-OH is 3. The van der Waals surface area contributed by atoms with Gasteiger partial charge in [0, 0.05) is 50.4 Å². The van der Waals surface area contributed by atoms with Crippen LogP contribution in [0.25, 0.3) is 22.3 Å². The molecular weight excluding hydrogens is 986 g/mol. The van der Waals surface area contributed by atoms with Crippen molar-refractivity contribution in [2.75, 3.05) is 13.1 Å². The van der Waals surface area contributed by atoms with Gasteiger partial charge in [0.2, 0.25) is 0 Å². The van der Waals surface area contributed by atoms with E-state index in [2.05, 4.69) is 31.5 Å². The second-order valence-electron chi connectivity index (χ2n) is 15.3. The SMILES string of the molecule is CC(C)O.CC(C)OC(=O)[C@H](O)CN(Cc1ccc(-c2cc(Cl)ccc2Cl)cc1)NC(=O)c1cn(O)nn1.O=C(NN(Cc1ccc(-c2cc(Cl)ccc2Cl)cc1)C[C@@H](O)C(=O)O)c1cn(O)nn1. The molecule has 0 saturated carbocycles. The number of aromatic nitrogens is 6. The Morgan fingerprint density at radius 2 is 1.00 bits per heavy atom. The number of carboxylic acid groups (broad SMARTS) is 1. The lowest BCUT2D eigenvalue weighted by atomic mass is 10.0. The van der Waals surface area contributed by atoms with Crippen LogP contribution in [0.5, 0.6) is 0 Å². The van der Waals surface area contributed by atoms with E-state index in [0.717, 1.165) is 40.2 Å². The van der Waals surface area contributed by atoms with Crippen LogP contribution < -0.4 is 10.9 Å². The summed E-state index contributed by atoms with van der Waals surface area (Å²) in [4.78, 5) is 48.6. The van der Waals surface area contributed by atoms with Crippen LogP contribution >= 0.6 is 46.4 Å². The standard InChI is InChI=1S/C22H23Cl2N5O5.C19H17Cl2N5O5.C3H8O/c1-13(2)34-22(32)20(30)12-28(26-21(31)19-11-29(33)27-25-19)10-14-3-5-15(6-4-14)17-9-16(23)7-8-18(17)24;20-13-5-6-15(21)14(7-13)12-3-1-11(2-4-12)8-25(10-17(27)19(29)30)23-18(28)16-9-26(31)24-22-16;1-3(2)4/h3-9,11,13,20,30,33H,10,12H2,1-2H3,(H,26,31);1-7,9,17,27,31H,8,10H2,(H,23,28)(H,29,30);3-4H,1-2H3/t20-;17-;/m11./s1. The number of hydrogen-bond donors (Lipinski definition) is 8. The molecule has 0 spiro atoms. The van der Waals surface area contributed by atoms with Crippen molar-refractivity contribution in [3.05, 3.63) is 140 Å². The highest BCUT2D eigenvalue weighted by molar-refractivity contribution is 6.36. The van der Waals surface area contributed by atoms with Crippen molar-refractivity contribution in [3.63, 3.8) is 0 Å². The lowest BCUT2D eigenvalue weighted by Crippen LogP contribution is -2.47. The number of amides is 2. The average molecular weight is 1030 g/mol. The monoisotopic (exact) mass is 1030 g/mol. The van der Waals surface area contributed by atoms with Crippen LogP contribution in [-0.2, 0) is 27.4 Å². The van der Waals surface area contributed by atoms with Crippen molar-refractivity contribution < 1.29 is 54.8 Å². The van der Waals surface area contributed by atoms with Gasteiger partial charge in [-0.1, -0.05) is 105 Å². The number of halogens is 4. The molecule has 0 radical (unpaired) electrons. The molecule has 368 valence electrons. The summed E-state index contributed by atoms with van der Waals surface area (Å²) in [6, 6.07) is 24.7. The summed E-state index contributed by atoms with van der Waals surface area (Å²) < 4.78 is 5.03. The Morgan fingerprint density at radius 3 is 1.33 bits per heavy atom. The van der Waals surface area contributed by atoms with Gasteiger partial charge in [-0.25, -0.2) is 19.6 Å². The van der Waals surface area contributed by atoms with Crippen molar-refractivity contribution in [2.45, 2.75) is 65.2 Å². The first kappa shape index (κ1) is 55.2. The van der Waals surface area contributed by atoms with E-state index in [1.807, 2.05) is 24.3 Å². The molecule has 8 N–H and O–H groups in total. The highest BCUT2D eigenvalue weighted by atomic mass is 35.5. The Bertz CT molecular complexity index is 2650. The molecule has 0 aliphatic heterocycles. The van der Waals surface area contributed by atoms with Gasteiger partial charge in [0.25, 0.3) is 11.8 Å². The quantitative estimate of drug-likeness (QED) is 0.0322. The smallest absolute Gasteiger partial charge is 0.336 e. The minimum absolute atomic E-state index is 0.0763. The number of hydrazine groups is 2. The fraction of sp³-hybridized carbons (Fsp3) is 0.273. The van der Waals surface area contributed by atoms with E-state index in [4.69, 9.17) is 66.6 Å². The molecule has 2 aromatic heterocycles. The summed E-state index contributed by atoms with van der Waals surface area (Å²) in [5, 5.41) is 73.8. The maximum Gasteiger partial charge on any atom is 0.336 e. The average Bonchev–Trinajstić information content (AvgIpc) is 3.93. The van der Waals surface area contributed by atoms with Crippen molar-refractivity contribution >= 4 is 70.2 Å². The second kappa shape index (κ2) is 26.4. The Hall–Kier alpha value is -6.40. The summed E-state index contributed by atoms with van der Waals surface area (Å²) in [7, 11) is 0. The number of nitrogens with zero attached hydrogens (tertiary/aromatic N) is 8. The van der Waals surface area contributed by atoms with E-state index >= 15 is 0 Å². The van der Waals surface area contributed by atoms with Crippen LogP contribution in [0.3, 0.4) is 0 Å². The van der Waals surface area contributed by atoms with Gasteiger partial charge < -0.3 is 35.6 Å². The zero-order valence-corrected chi connectivity index (χ0v) is 40.2. The number of carboxylic acids is 1. The number of esters is 1. The molecule has 2 heterocycles. The van der Waals surface area contributed by atoms with Crippen LogP contribution in [0.4, 0.5) is 0 Å². The number of aliphatic hydroxyl groups is 3. The van der Waals surface area contributed by atoms with Gasteiger partial charge in [-0.15, -0.1) is 10.2 Å².